The molecule has 1 aromatic heterocycles. The summed E-state index contributed by atoms with van der Waals surface area (Å²) in [6.45, 7) is 4.53. The minimum Gasteiger partial charge on any atom is -0.383 e. The van der Waals surface area contributed by atoms with Gasteiger partial charge >= 0.3 is 5.69 Å². The maximum Gasteiger partial charge on any atom is 0.330 e. The first kappa shape index (κ1) is 14.2. The molecule has 0 radical (unpaired) electrons. The standard InChI is InChI=1S/C15H24N4O2/c1-8(2)7-19-13(16)12(14(20)18-15(19)21)17-11-6-9-3-4-10(11)5-9/h8-11,17H,3-7,16H2,1-2H3,(H,18,20,21). The Morgan fingerprint density at radius 3 is 2.67 bits per heavy atom. The summed E-state index contributed by atoms with van der Waals surface area (Å²) in [7, 11) is 0. The molecule has 2 aliphatic carbocycles. The second-order valence-corrected chi connectivity index (χ2v) is 6.95. The molecule has 0 amide bonds. The topological polar surface area (TPSA) is 92.9 Å². The van der Waals surface area contributed by atoms with E-state index in [2.05, 4.69) is 10.3 Å². The Balaban J connectivity index is 1.91. The van der Waals surface area contributed by atoms with E-state index in [4.69, 9.17) is 5.73 Å². The van der Waals surface area contributed by atoms with Gasteiger partial charge in [-0.25, -0.2) is 4.79 Å². The Morgan fingerprint density at radius 2 is 2.10 bits per heavy atom. The smallest absolute Gasteiger partial charge is 0.330 e. The Kier molecular flexibility index (Phi) is 3.55. The molecule has 2 fully saturated rings. The van der Waals surface area contributed by atoms with Gasteiger partial charge in [-0.15, -0.1) is 0 Å². The van der Waals surface area contributed by atoms with Gasteiger partial charge in [-0.3, -0.25) is 14.3 Å². The molecule has 4 N–H and O–H groups in total. The van der Waals surface area contributed by atoms with Crippen LogP contribution in [-0.2, 0) is 6.54 Å². The Bertz CT molecular complexity index is 646. The molecule has 0 aromatic carbocycles. The van der Waals surface area contributed by atoms with Crippen LogP contribution in [0.5, 0.6) is 0 Å². The SMILES string of the molecule is CC(C)Cn1c(N)c(NC2CC3CCC2C3)c(=O)[nH]c1=O. The summed E-state index contributed by atoms with van der Waals surface area (Å²) >= 11 is 0. The number of H-pyrrole nitrogens is 1. The quantitative estimate of drug-likeness (QED) is 0.781. The van der Waals surface area contributed by atoms with Crippen molar-refractivity contribution in [3.8, 4) is 0 Å². The molecule has 21 heavy (non-hydrogen) atoms. The summed E-state index contributed by atoms with van der Waals surface area (Å²) in [5.74, 6) is 1.97. The molecule has 116 valence electrons. The molecule has 3 rings (SSSR count). The van der Waals surface area contributed by atoms with Gasteiger partial charge in [0.2, 0.25) is 0 Å². The van der Waals surface area contributed by atoms with E-state index in [0.717, 1.165) is 12.3 Å². The van der Waals surface area contributed by atoms with E-state index < -0.39 is 11.2 Å². The fourth-order valence-electron chi connectivity index (χ4n) is 3.88. The molecular weight excluding hydrogens is 268 g/mol. The zero-order chi connectivity index (χ0) is 15.1. The van der Waals surface area contributed by atoms with Crippen LogP contribution in [0.2, 0.25) is 0 Å². The van der Waals surface area contributed by atoms with Crippen LogP contribution >= 0.6 is 0 Å². The third kappa shape index (κ3) is 2.59. The Labute approximate surface area is 123 Å². The van der Waals surface area contributed by atoms with Crippen LogP contribution in [-0.4, -0.2) is 15.6 Å². The molecule has 1 heterocycles. The van der Waals surface area contributed by atoms with Crippen LogP contribution in [0.25, 0.3) is 0 Å². The summed E-state index contributed by atoms with van der Waals surface area (Å²) in [4.78, 5) is 26.4. The number of nitrogen functional groups attached to an aromatic ring is 1. The molecule has 3 atom stereocenters. The molecule has 2 saturated carbocycles. The van der Waals surface area contributed by atoms with E-state index >= 15 is 0 Å². The van der Waals surface area contributed by atoms with E-state index in [-0.39, 0.29) is 11.7 Å². The van der Waals surface area contributed by atoms with Gasteiger partial charge in [0.15, 0.2) is 0 Å². The third-order valence-electron chi connectivity index (χ3n) is 4.86. The molecule has 3 unspecified atom stereocenters. The molecule has 2 aliphatic rings. The number of aromatic nitrogens is 2. The van der Waals surface area contributed by atoms with Gasteiger partial charge in [-0.2, -0.15) is 0 Å². The van der Waals surface area contributed by atoms with Gasteiger partial charge in [-0.05, 0) is 37.0 Å². The number of aromatic amines is 1. The number of rotatable bonds is 4. The van der Waals surface area contributed by atoms with Crippen LogP contribution in [0.4, 0.5) is 11.5 Å². The van der Waals surface area contributed by atoms with E-state index in [9.17, 15) is 9.59 Å². The average molecular weight is 292 g/mol. The largest absolute Gasteiger partial charge is 0.383 e. The van der Waals surface area contributed by atoms with Crippen molar-refractivity contribution in [2.45, 2.75) is 52.1 Å². The number of nitrogens with zero attached hydrogens (tertiary/aromatic N) is 1. The van der Waals surface area contributed by atoms with Crippen molar-refractivity contribution in [2.75, 3.05) is 11.1 Å². The van der Waals surface area contributed by atoms with Crippen LogP contribution < -0.4 is 22.3 Å². The lowest BCUT2D eigenvalue weighted by molar-refractivity contribution is 0.438. The van der Waals surface area contributed by atoms with Crippen molar-refractivity contribution in [2.24, 2.45) is 17.8 Å². The minimum atomic E-state index is -0.426. The van der Waals surface area contributed by atoms with E-state index in [0.29, 0.717) is 24.2 Å². The summed E-state index contributed by atoms with van der Waals surface area (Å²) in [6, 6.07) is 0.317. The molecular formula is C15H24N4O2. The zero-order valence-electron chi connectivity index (χ0n) is 12.7. The number of hydrogen-bond donors (Lipinski definition) is 3. The predicted molar refractivity (Wildman–Crippen MR) is 83.4 cm³/mol. The Hall–Kier alpha value is -1.72. The van der Waals surface area contributed by atoms with Crippen molar-refractivity contribution in [1.29, 1.82) is 0 Å². The first-order valence-electron chi connectivity index (χ1n) is 7.84. The summed E-state index contributed by atoms with van der Waals surface area (Å²) in [5, 5.41) is 3.32. The molecule has 2 bridgehead atoms. The first-order valence-corrected chi connectivity index (χ1v) is 7.84. The van der Waals surface area contributed by atoms with Gasteiger partial charge in [-0.1, -0.05) is 20.3 Å². The van der Waals surface area contributed by atoms with Crippen molar-refractivity contribution < 1.29 is 0 Å². The number of nitrogens with two attached hydrogens (primary N) is 1. The lowest BCUT2D eigenvalue weighted by atomic mass is 9.95. The molecule has 0 spiro atoms. The second-order valence-electron chi connectivity index (χ2n) is 6.95. The van der Waals surface area contributed by atoms with Gasteiger partial charge in [0, 0.05) is 12.6 Å². The highest BCUT2D eigenvalue weighted by atomic mass is 16.2. The van der Waals surface area contributed by atoms with Gasteiger partial charge < -0.3 is 11.1 Å². The van der Waals surface area contributed by atoms with Gasteiger partial charge in [0.25, 0.3) is 5.56 Å². The van der Waals surface area contributed by atoms with Crippen LogP contribution in [0.1, 0.15) is 39.5 Å². The summed E-state index contributed by atoms with van der Waals surface area (Å²) < 4.78 is 1.46. The number of nitrogens with one attached hydrogen (secondary N) is 2. The molecule has 0 saturated heterocycles. The molecule has 0 aliphatic heterocycles. The minimum absolute atomic E-state index is 0.264. The number of hydrogen-bond acceptors (Lipinski definition) is 4. The van der Waals surface area contributed by atoms with Crippen molar-refractivity contribution in [1.82, 2.24) is 9.55 Å². The van der Waals surface area contributed by atoms with Crippen LogP contribution in [0, 0.1) is 17.8 Å². The highest BCUT2D eigenvalue weighted by molar-refractivity contribution is 5.61. The highest BCUT2D eigenvalue weighted by Gasteiger charge is 2.40. The fourth-order valence-corrected chi connectivity index (χ4v) is 3.88. The van der Waals surface area contributed by atoms with Crippen molar-refractivity contribution in [3.05, 3.63) is 20.8 Å². The third-order valence-corrected chi connectivity index (χ3v) is 4.86. The van der Waals surface area contributed by atoms with Crippen LogP contribution in [0.15, 0.2) is 9.59 Å². The van der Waals surface area contributed by atoms with Gasteiger partial charge in [0.05, 0.1) is 0 Å². The Morgan fingerprint density at radius 1 is 1.33 bits per heavy atom. The van der Waals surface area contributed by atoms with Crippen molar-refractivity contribution in [3.63, 3.8) is 0 Å². The first-order chi connectivity index (χ1) is 9.95. The summed E-state index contributed by atoms with van der Waals surface area (Å²) in [5.41, 5.74) is 5.63. The van der Waals surface area contributed by atoms with Crippen molar-refractivity contribution >= 4 is 11.5 Å². The normalized spacial score (nSPS) is 27.5. The predicted octanol–water partition coefficient (Wildman–Crippen LogP) is 1.38. The number of fused-ring (bicyclic) bond motifs is 2. The fraction of sp³-hybridized carbons (Fsp3) is 0.733. The maximum absolute atomic E-state index is 12.1. The second kappa shape index (κ2) is 5.24. The van der Waals surface area contributed by atoms with Gasteiger partial charge in [0.1, 0.15) is 11.5 Å². The van der Waals surface area contributed by atoms with Crippen LogP contribution in [0.3, 0.4) is 0 Å². The molecule has 6 nitrogen and oxygen atoms in total. The maximum atomic E-state index is 12.1. The molecule has 1 aromatic rings. The monoisotopic (exact) mass is 292 g/mol. The lowest BCUT2D eigenvalue weighted by Crippen LogP contribution is -2.37. The van der Waals surface area contributed by atoms with E-state index in [1.165, 1.54) is 23.8 Å². The summed E-state index contributed by atoms with van der Waals surface area (Å²) in [6.07, 6.45) is 4.89. The molecule has 6 heteroatoms. The highest BCUT2D eigenvalue weighted by Crippen LogP contribution is 2.45. The number of anilines is 2. The van der Waals surface area contributed by atoms with E-state index in [1.807, 2.05) is 13.8 Å². The van der Waals surface area contributed by atoms with E-state index in [1.54, 1.807) is 0 Å². The average Bonchev–Trinajstić information content (AvgIpc) is 3.01. The lowest BCUT2D eigenvalue weighted by Gasteiger charge is -2.25. The zero-order valence-corrected chi connectivity index (χ0v) is 12.7.